The molecule has 1 aliphatic rings. The van der Waals surface area contributed by atoms with Crippen molar-refractivity contribution in [3.05, 3.63) is 57.6 Å². The number of amides is 1. The fourth-order valence-corrected chi connectivity index (χ4v) is 3.83. The third-order valence-electron chi connectivity index (χ3n) is 4.00. The summed E-state index contributed by atoms with van der Waals surface area (Å²) in [6, 6.07) is 5.24. The molecule has 3 rings (SSSR count). The van der Waals surface area contributed by atoms with Gasteiger partial charge in [0.2, 0.25) is 0 Å². The first-order chi connectivity index (χ1) is 12.7. The van der Waals surface area contributed by atoms with Gasteiger partial charge in [-0.1, -0.05) is 35.0 Å². The van der Waals surface area contributed by atoms with Crippen LogP contribution in [0.1, 0.15) is 23.0 Å². The van der Waals surface area contributed by atoms with E-state index in [-0.39, 0.29) is 43.7 Å². The number of aliphatic imine (C=N–C) groups is 1. The van der Waals surface area contributed by atoms with Crippen molar-refractivity contribution in [1.82, 2.24) is 4.98 Å². The fourth-order valence-electron chi connectivity index (χ4n) is 2.55. The van der Waals surface area contributed by atoms with E-state index in [2.05, 4.69) is 15.3 Å². The zero-order valence-electron chi connectivity index (χ0n) is 13.9. The molecule has 0 unspecified atom stereocenters. The van der Waals surface area contributed by atoms with Gasteiger partial charge in [-0.2, -0.15) is 0 Å². The summed E-state index contributed by atoms with van der Waals surface area (Å²) < 4.78 is 14.4. The van der Waals surface area contributed by atoms with Gasteiger partial charge in [0.25, 0.3) is 5.91 Å². The van der Waals surface area contributed by atoms with Gasteiger partial charge in [-0.05, 0) is 31.2 Å². The summed E-state index contributed by atoms with van der Waals surface area (Å²) in [5, 5.41) is 3.14. The molecule has 10 heteroatoms. The predicted octanol–water partition coefficient (Wildman–Crippen LogP) is 3.63. The highest BCUT2D eigenvalue weighted by Crippen LogP contribution is 2.35. The van der Waals surface area contributed by atoms with E-state index < -0.39 is 17.3 Å². The summed E-state index contributed by atoms with van der Waals surface area (Å²) in [7, 11) is 0. The smallest absolute Gasteiger partial charge is 0.275 e. The number of benzene rings is 1. The normalized spacial score (nSPS) is 19.6. The van der Waals surface area contributed by atoms with E-state index in [1.165, 1.54) is 31.3 Å². The van der Waals surface area contributed by atoms with Crippen LogP contribution in [0.5, 0.6) is 0 Å². The number of aromatic nitrogens is 1. The summed E-state index contributed by atoms with van der Waals surface area (Å²) in [6.07, 6.45) is 1.29. The lowest BCUT2D eigenvalue weighted by molar-refractivity contribution is -0.121. The Morgan fingerprint density at radius 1 is 1.37 bits per heavy atom. The SMILES string of the molecule is C[C@]1(c2cc(NC(=O)c3ncc(Cl)cc3Cl)ccc2F)N=C(N)SCC1=O. The maximum Gasteiger partial charge on any atom is 0.275 e. The first-order valence-electron chi connectivity index (χ1n) is 7.64. The Kier molecular flexibility index (Phi) is 5.41. The van der Waals surface area contributed by atoms with Crippen molar-refractivity contribution in [2.75, 3.05) is 11.1 Å². The van der Waals surface area contributed by atoms with Crippen molar-refractivity contribution < 1.29 is 14.0 Å². The Hall–Kier alpha value is -2.16. The lowest BCUT2D eigenvalue weighted by atomic mass is 9.88. The van der Waals surface area contributed by atoms with Crippen LogP contribution in [0.4, 0.5) is 10.1 Å². The standard InChI is InChI=1S/C17H13Cl2FN4O2S/c1-17(13(25)7-27-16(21)24-17)10-5-9(2-3-12(10)20)23-15(26)14-11(19)4-8(18)6-22-14/h2-6H,7H2,1H3,(H2,21,24)(H,23,26)/t17-/m1/s1. The number of hydrogen-bond acceptors (Lipinski definition) is 6. The van der Waals surface area contributed by atoms with Gasteiger partial charge in [0.05, 0.1) is 15.8 Å². The summed E-state index contributed by atoms with van der Waals surface area (Å²) in [5.41, 5.74) is 4.49. The van der Waals surface area contributed by atoms with Gasteiger partial charge in [-0.3, -0.25) is 9.59 Å². The highest BCUT2D eigenvalue weighted by molar-refractivity contribution is 8.14. The number of Topliss-reactive ketones (excluding diaryl/α,β-unsaturated/α-hetero) is 1. The van der Waals surface area contributed by atoms with E-state index in [0.29, 0.717) is 0 Å². The zero-order valence-corrected chi connectivity index (χ0v) is 16.3. The first-order valence-corrected chi connectivity index (χ1v) is 9.38. The molecule has 0 saturated heterocycles. The van der Waals surface area contributed by atoms with Crippen LogP contribution in [-0.2, 0) is 10.3 Å². The molecule has 0 bridgehead atoms. The van der Waals surface area contributed by atoms with Crippen molar-refractivity contribution in [3.63, 3.8) is 0 Å². The molecule has 140 valence electrons. The van der Waals surface area contributed by atoms with Crippen LogP contribution in [0, 0.1) is 5.82 Å². The molecule has 0 radical (unpaired) electrons. The number of amidine groups is 1. The van der Waals surface area contributed by atoms with Crippen LogP contribution >= 0.6 is 35.0 Å². The number of anilines is 1. The predicted molar refractivity (Wildman–Crippen MR) is 105 cm³/mol. The second kappa shape index (κ2) is 7.46. The molecule has 1 amide bonds. The molecule has 1 aliphatic heterocycles. The molecule has 27 heavy (non-hydrogen) atoms. The van der Waals surface area contributed by atoms with Gasteiger partial charge in [-0.25, -0.2) is 14.4 Å². The molecule has 0 spiro atoms. The molecule has 0 saturated carbocycles. The number of nitrogens with two attached hydrogens (primary N) is 1. The van der Waals surface area contributed by atoms with Gasteiger partial charge < -0.3 is 11.1 Å². The Bertz CT molecular complexity index is 985. The molecular formula is C17H13Cl2FN4O2S. The number of ketones is 1. The minimum absolute atomic E-state index is 0.0173. The van der Waals surface area contributed by atoms with E-state index in [0.717, 1.165) is 17.8 Å². The quantitative estimate of drug-likeness (QED) is 0.780. The van der Waals surface area contributed by atoms with Crippen LogP contribution in [0.3, 0.4) is 0 Å². The molecule has 0 aliphatic carbocycles. The van der Waals surface area contributed by atoms with Crippen molar-refractivity contribution >= 4 is 57.5 Å². The molecular weight excluding hydrogens is 414 g/mol. The van der Waals surface area contributed by atoms with Gasteiger partial charge in [0.15, 0.2) is 11.0 Å². The number of thioether (sulfide) groups is 1. The first kappa shape index (κ1) is 19.6. The van der Waals surface area contributed by atoms with E-state index in [4.69, 9.17) is 28.9 Å². The molecule has 1 atom stereocenters. The lowest BCUT2D eigenvalue weighted by Gasteiger charge is -2.28. The van der Waals surface area contributed by atoms with Crippen molar-refractivity contribution in [2.24, 2.45) is 10.7 Å². The summed E-state index contributed by atoms with van der Waals surface area (Å²) in [5.74, 6) is -1.43. The van der Waals surface area contributed by atoms with Gasteiger partial charge >= 0.3 is 0 Å². The number of pyridine rings is 1. The lowest BCUT2D eigenvalue weighted by Crippen LogP contribution is -2.39. The molecule has 2 heterocycles. The van der Waals surface area contributed by atoms with Gasteiger partial charge in [0, 0.05) is 17.4 Å². The fraction of sp³-hybridized carbons (Fsp3) is 0.176. The summed E-state index contributed by atoms with van der Waals surface area (Å²) >= 11 is 12.8. The van der Waals surface area contributed by atoms with Crippen LogP contribution in [0.15, 0.2) is 35.5 Å². The third kappa shape index (κ3) is 3.92. The van der Waals surface area contributed by atoms with Crippen LogP contribution in [0.25, 0.3) is 0 Å². The second-order valence-electron chi connectivity index (χ2n) is 5.87. The van der Waals surface area contributed by atoms with Crippen LogP contribution in [-0.4, -0.2) is 27.6 Å². The van der Waals surface area contributed by atoms with E-state index in [1.807, 2.05) is 0 Å². The Morgan fingerprint density at radius 3 is 2.81 bits per heavy atom. The minimum Gasteiger partial charge on any atom is -0.378 e. The topological polar surface area (TPSA) is 97.4 Å². The molecule has 0 fully saturated rings. The van der Waals surface area contributed by atoms with Crippen LogP contribution < -0.4 is 11.1 Å². The number of carbonyl (C=O) groups is 2. The number of hydrogen-bond donors (Lipinski definition) is 2. The Morgan fingerprint density at radius 2 is 2.11 bits per heavy atom. The number of nitrogens with zero attached hydrogens (tertiary/aromatic N) is 2. The second-order valence-corrected chi connectivity index (χ2v) is 7.71. The molecule has 1 aromatic heterocycles. The number of halogens is 3. The third-order valence-corrected chi connectivity index (χ3v) is 5.29. The maximum absolute atomic E-state index is 14.4. The van der Waals surface area contributed by atoms with Gasteiger partial charge in [0.1, 0.15) is 17.1 Å². The largest absolute Gasteiger partial charge is 0.378 e. The van der Waals surface area contributed by atoms with E-state index in [9.17, 15) is 14.0 Å². The molecule has 3 N–H and O–H groups in total. The van der Waals surface area contributed by atoms with Crippen molar-refractivity contribution in [2.45, 2.75) is 12.5 Å². The number of carbonyl (C=O) groups excluding carboxylic acids is 2. The molecule has 6 nitrogen and oxygen atoms in total. The van der Waals surface area contributed by atoms with Gasteiger partial charge in [-0.15, -0.1) is 0 Å². The van der Waals surface area contributed by atoms with E-state index >= 15 is 0 Å². The summed E-state index contributed by atoms with van der Waals surface area (Å²) in [6.45, 7) is 1.49. The van der Waals surface area contributed by atoms with E-state index in [1.54, 1.807) is 0 Å². The average molecular weight is 427 g/mol. The molecule has 2 aromatic rings. The van der Waals surface area contributed by atoms with Crippen LogP contribution in [0.2, 0.25) is 10.0 Å². The zero-order chi connectivity index (χ0) is 19.8. The minimum atomic E-state index is -1.46. The molecule has 1 aromatic carbocycles. The maximum atomic E-state index is 14.4. The average Bonchev–Trinajstić information content (AvgIpc) is 2.60. The summed E-state index contributed by atoms with van der Waals surface area (Å²) in [4.78, 5) is 32.8. The number of rotatable bonds is 3. The van der Waals surface area contributed by atoms with Crippen molar-refractivity contribution in [1.29, 1.82) is 0 Å². The monoisotopic (exact) mass is 426 g/mol. The number of nitrogens with one attached hydrogen (secondary N) is 1. The highest BCUT2D eigenvalue weighted by Gasteiger charge is 2.40. The van der Waals surface area contributed by atoms with Crippen molar-refractivity contribution in [3.8, 4) is 0 Å². The Labute approximate surface area is 168 Å². The highest BCUT2D eigenvalue weighted by atomic mass is 35.5. The Balaban J connectivity index is 1.95.